The molecule has 64 valence electrons. The van der Waals surface area contributed by atoms with E-state index in [4.69, 9.17) is 5.11 Å². The lowest BCUT2D eigenvalue weighted by Gasteiger charge is -2.19. The summed E-state index contributed by atoms with van der Waals surface area (Å²) in [6.45, 7) is 3.83. The predicted molar refractivity (Wildman–Crippen MR) is 42.5 cm³/mol. The Morgan fingerprint density at radius 1 is 1.82 bits per heavy atom. The zero-order valence-electron chi connectivity index (χ0n) is 7.05. The van der Waals surface area contributed by atoms with Crippen molar-refractivity contribution in [3.8, 4) is 0 Å². The molecule has 2 N–H and O–H groups in total. The molecule has 1 aliphatic heterocycles. The van der Waals surface area contributed by atoms with Crippen LogP contribution >= 0.6 is 0 Å². The molecule has 0 radical (unpaired) electrons. The maximum Gasteiger partial charge on any atom is 0.323 e. The highest BCUT2D eigenvalue weighted by atomic mass is 16.4. The smallest absolute Gasteiger partial charge is 0.323 e. The third kappa shape index (κ3) is 1.53. The molecule has 1 saturated heterocycles. The molecule has 1 fully saturated rings. The van der Waals surface area contributed by atoms with Gasteiger partial charge in [-0.2, -0.15) is 0 Å². The first kappa shape index (κ1) is 8.53. The summed E-state index contributed by atoms with van der Waals surface area (Å²) in [4.78, 5) is 10.7. The Morgan fingerprint density at radius 3 is 2.73 bits per heavy atom. The van der Waals surface area contributed by atoms with Crippen LogP contribution in [0.3, 0.4) is 0 Å². The quantitative estimate of drug-likeness (QED) is 0.628. The summed E-state index contributed by atoms with van der Waals surface area (Å²) in [7, 11) is 0. The van der Waals surface area contributed by atoms with Gasteiger partial charge in [0.05, 0.1) is 0 Å². The minimum atomic E-state index is -0.728. The molecule has 2 unspecified atom stereocenters. The first-order chi connectivity index (χ1) is 5.08. The summed E-state index contributed by atoms with van der Waals surface area (Å²) in [6, 6.07) is 0.399. The molecule has 0 aromatic heterocycles. The Morgan fingerprint density at radius 2 is 2.45 bits per heavy atom. The van der Waals surface area contributed by atoms with Gasteiger partial charge in [0.25, 0.3) is 0 Å². The van der Waals surface area contributed by atoms with Gasteiger partial charge in [0.1, 0.15) is 5.54 Å². The Kier molecular flexibility index (Phi) is 2.18. The third-order valence-electron chi connectivity index (χ3n) is 2.48. The van der Waals surface area contributed by atoms with Gasteiger partial charge in [-0.1, -0.05) is 6.92 Å². The fourth-order valence-electron chi connectivity index (χ4n) is 1.53. The summed E-state index contributed by atoms with van der Waals surface area (Å²) in [5.74, 6) is -0.728. The number of hydrogen-bond donors (Lipinski definition) is 2. The van der Waals surface area contributed by atoms with Crippen molar-refractivity contribution in [2.75, 3.05) is 0 Å². The zero-order valence-corrected chi connectivity index (χ0v) is 7.05. The van der Waals surface area contributed by atoms with Crippen molar-refractivity contribution in [1.82, 2.24) is 5.32 Å². The SMILES string of the molecule is CCC1CCC(C)(C(=O)O)N1. The van der Waals surface area contributed by atoms with Crippen molar-refractivity contribution in [2.45, 2.75) is 44.7 Å². The molecule has 1 heterocycles. The summed E-state index contributed by atoms with van der Waals surface area (Å²) in [5, 5.41) is 11.9. The normalized spacial score (nSPS) is 37.5. The van der Waals surface area contributed by atoms with Gasteiger partial charge in [-0.25, -0.2) is 0 Å². The van der Waals surface area contributed by atoms with Gasteiger partial charge in [-0.15, -0.1) is 0 Å². The molecule has 0 saturated carbocycles. The van der Waals surface area contributed by atoms with E-state index < -0.39 is 11.5 Å². The number of hydrogen-bond acceptors (Lipinski definition) is 2. The molecule has 0 bridgehead atoms. The van der Waals surface area contributed by atoms with E-state index in [2.05, 4.69) is 12.2 Å². The second kappa shape index (κ2) is 2.81. The lowest BCUT2D eigenvalue weighted by molar-refractivity contribution is -0.143. The summed E-state index contributed by atoms with van der Waals surface area (Å²) in [6.07, 6.45) is 2.75. The molecule has 1 rings (SSSR count). The number of aliphatic carboxylic acids is 1. The minimum Gasteiger partial charge on any atom is -0.480 e. The standard InChI is InChI=1S/C8H15NO2/c1-3-6-4-5-8(2,9-6)7(10)11/h6,9H,3-5H2,1-2H3,(H,10,11). The molecule has 0 amide bonds. The lowest BCUT2D eigenvalue weighted by atomic mass is 10.0. The first-order valence-electron chi connectivity index (χ1n) is 4.09. The van der Waals surface area contributed by atoms with Gasteiger partial charge in [0, 0.05) is 6.04 Å². The summed E-state index contributed by atoms with van der Waals surface area (Å²) < 4.78 is 0. The van der Waals surface area contributed by atoms with Crippen LogP contribution in [0.2, 0.25) is 0 Å². The van der Waals surface area contributed by atoms with Gasteiger partial charge in [0.15, 0.2) is 0 Å². The maximum atomic E-state index is 10.7. The van der Waals surface area contributed by atoms with Crippen LogP contribution in [-0.4, -0.2) is 22.7 Å². The van der Waals surface area contributed by atoms with E-state index in [9.17, 15) is 4.79 Å². The third-order valence-corrected chi connectivity index (χ3v) is 2.48. The number of carboxylic acids is 1. The van der Waals surface area contributed by atoms with Crippen molar-refractivity contribution in [1.29, 1.82) is 0 Å². The summed E-state index contributed by atoms with van der Waals surface area (Å²) >= 11 is 0. The van der Waals surface area contributed by atoms with Crippen LogP contribution in [0.4, 0.5) is 0 Å². The Hall–Kier alpha value is -0.570. The number of rotatable bonds is 2. The highest BCUT2D eigenvalue weighted by molar-refractivity contribution is 5.78. The Balaban J connectivity index is 2.57. The van der Waals surface area contributed by atoms with E-state index in [0.29, 0.717) is 6.04 Å². The largest absolute Gasteiger partial charge is 0.480 e. The van der Waals surface area contributed by atoms with E-state index >= 15 is 0 Å². The second-order valence-corrected chi connectivity index (χ2v) is 3.43. The molecule has 0 aliphatic carbocycles. The van der Waals surface area contributed by atoms with Gasteiger partial charge in [-0.05, 0) is 26.2 Å². The van der Waals surface area contributed by atoms with Gasteiger partial charge >= 0.3 is 5.97 Å². The van der Waals surface area contributed by atoms with Crippen molar-refractivity contribution >= 4 is 5.97 Å². The van der Waals surface area contributed by atoms with Crippen molar-refractivity contribution in [3.05, 3.63) is 0 Å². The monoisotopic (exact) mass is 157 g/mol. The second-order valence-electron chi connectivity index (χ2n) is 3.43. The Labute approximate surface area is 66.8 Å². The molecular formula is C8H15NO2. The molecule has 0 aromatic rings. The Bertz CT molecular complexity index is 169. The topological polar surface area (TPSA) is 49.3 Å². The fourth-order valence-corrected chi connectivity index (χ4v) is 1.53. The van der Waals surface area contributed by atoms with Crippen molar-refractivity contribution < 1.29 is 9.90 Å². The van der Waals surface area contributed by atoms with Crippen LogP contribution in [0, 0.1) is 0 Å². The van der Waals surface area contributed by atoms with E-state index in [1.807, 2.05) is 0 Å². The van der Waals surface area contributed by atoms with Gasteiger partial charge in [0.2, 0.25) is 0 Å². The average molecular weight is 157 g/mol. The maximum absolute atomic E-state index is 10.7. The molecule has 0 spiro atoms. The molecule has 11 heavy (non-hydrogen) atoms. The van der Waals surface area contributed by atoms with Crippen molar-refractivity contribution in [3.63, 3.8) is 0 Å². The predicted octanol–water partition coefficient (Wildman–Crippen LogP) is 0.992. The van der Waals surface area contributed by atoms with Crippen LogP contribution in [0.1, 0.15) is 33.1 Å². The zero-order chi connectivity index (χ0) is 8.48. The summed E-state index contributed by atoms with van der Waals surface area (Å²) in [5.41, 5.74) is -0.666. The van der Waals surface area contributed by atoms with E-state index in [-0.39, 0.29) is 0 Å². The van der Waals surface area contributed by atoms with Crippen molar-refractivity contribution in [2.24, 2.45) is 0 Å². The van der Waals surface area contributed by atoms with E-state index in [0.717, 1.165) is 19.3 Å². The van der Waals surface area contributed by atoms with E-state index in [1.54, 1.807) is 6.92 Å². The van der Waals surface area contributed by atoms with Crippen LogP contribution < -0.4 is 5.32 Å². The average Bonchev–Trinajstić information content (AvgIpc) is 2.33. The molecule has 2 atom stereocenters. The molecule has 0 aromatic carbocycles. The van der Waals surface area contributed by atoms with Crippen LogP contribution in [0.5, 0.6) is 0 Å². The van der Waals surface area contributed by atoms with E-state index in [1.165, 1.54) is 0 Å². The first-order valence-corrected chi connectivity index (χ1v) is 4.09. The number of nitrogens with one attached hydrogen (secondary N) is 1. The number of carboxylic acid groups (broad SMARTS) is 1. The minimum absolute atomic E-state index is 0.399. The highest BCUT2D eigenvalue weighted by Gasteiger charge is 2.39. The molecule has 1 aliphatic rings. The van der Waals surface area contributed by atoms with Gasteiger partial charge in [-0.3, -0.25) is 10.1 Å². The van der Waals surface area contributed by atoms with Crippen LogP contribution in [0.25, 0.3) is 0 Å². The molecule has 3 heteroatoms. The number of carbonyl (C=O) groups is 1. The van der Waals surface area contributed by atoms with Gasteiger partial charge < -0.3 is 5.11 Å². The highest BCUT2D eigenvalue weighted by Crippen LogP contribution is 2.24. The lowest BCUT2D eigenvalue weighted by Crippen LogP contribution is -2.47. The molecule has 3 nitrogen and oxygen atoms in total. The van der Waals surface area contributed by atoms with Crippen LogP contribution in [0.15, 0.2) is 0 Å². The molecular weight excluding hydrogens is 142 g/mol. The van der Waals surface area contributed by atoms with Crippen LogP contribution in [-0.2, 0) is 4.79 Å². The fraction of sp³-hybridized carbons (Fsp3) is 0.875.